The van der Waals surface area contributed by atoms with E-state index in [9.17, 15) is 24.1 Å². The largest absolute Gasteiger partial charge is 0.497 e. The van der Waals surface area contributed by atoms with Crippen LogP contribution in [0.4, 0.5) is 29.2 Å². The van der Waals surface area contributed by atoms with E-state index in [2.05, 4.69) is 35.2 Å². The molecule has 8 atom stereocenters. The SMILES string of the molecule is COc1ccc(C(Nc2ncnc3c2ncn3[C@@H]2O[C@](F)(CO)[C@@H](O)[C@@]2(C)F)(c2ccccc2)c2ccccc2)cc1.C[C@]1(F)[C@H](n2cnc3c(N)ncnc32)O[C@](F)(CO)[C@H]1O. The Labute approximate surface area is 355 Å². The molecule has 9 rings (SSSR count). The van der Waals surface area contributed by atoms with Crippen LogP contribution in [0.2, 0.25) is 0 Å². The number of rotatable bonds is 10. The Balaban J connectivity index is 0.000000217. The van der Waals surface area contributed by atoms with E-state index in [1.165, 1.54) is 17.2 Å². The first kappa shape index (κ1) is 43.3. The highest BCUT2D eigenvalue weighted by atomic mass is 19.2. The van der Waals surface area contributed by atoms with E-state index in [0.29, 0.717) is 11.6 Å². The summed E-state index contributed by atoms with van der Waals surface area (Å²) in [5.41, 5.74) is 2.92. The van der Waals surface area contributed by atoms with E-state index >= 15 is 8.78 Å². The number of nitrogens with two attached hydrogens (primary N) is 1. The molecule has 7 aromatic rings. The van der Waals surface area contributed by atoms with Crippen LogP contribution in [-0.2, 0) is 15.0 Å². The normalized spacial score (nSPS) is 28.2. The van der Waals surface area contributed by atoms with Crippen LogP contribution >= 0.6 is 0 Å². The van der Waals surface area contributed by atoms with Gasteiger partial charge in [0.05, 0.1) is 19.8 Å². The summed E-state index contributed by atoms with van der Waals surface area (Å²) in [5.74, 6) is -4.83. The van der Waals surface area contributed by atoms with Crippen molar-refractivity contribution < 1.29 is 52.2 Å². The molecule has 0 spiro atoms. The number of imidazole rings is 2. The minimum atomic E-state index is -3.00. The Morgan fingerprint density at radius 3 is 1.57 bits per heavy atom. The molecule has 2 aliphatic heterocycles. The number of anilines is 2. The minimum absolute atomic E-state index is 0.0755. The number of nitrogens with zero attached hydrogens (tertiary/aromatic N) is 8. The predicted molar refractivity (Wildman–Crippen MR) is 218 cm³/mol. The first-order valence-electron chi connectivity index (χ1n) is 19.4. The fourth-order valence-electron chi connectivity index (χ4n) is 8.02. The van der Waals surface area contributed by atoms with Gasteiger partial charge in [0.15, 0.2) is 64.4 Å². The summed E-state index contributed by atoms with van der Waals surface area (Å²) in [5, 5.41) is 42.2. The standard InChI is InChI=1S/C31H29F2N5O4.C11H13F2N5O3/c1-29(32)27(40)30(33,17-39)42-28(29)38-19-36-24-25(34-18-35-26(24)38)37-31(20-9-5-3-6-10-20,21-11-7-4-8-12-21)22-13-15-23(41-2)16-14-22;1-10(12)8(20)11(13,2-19)21-9(10)18-4-17-5-6(14)15-3-16-7(5)18/h3-16,18-19,27-28,39-40H,17H2,1-2H3,(H,34,35,37);3-4,8-9,19-20H,2H2,1H3,(H2,14,15,16)/t27-,28+,29+,30+;8-,9+,10+,11+/m00/s1. The fraction of sp³-hybridized carbons (Fsp3) is 0.333. The molecule has 2 fully saturated rings. The van der Waals surface area contributed by atoms with Crippen LogP contribution in [0.1, 0.15) is 43.0 Å². The van der Waals surface area contributed by atoms with Gasteiger partial charge in [-0.1, -0.05) is 72.8 Å². The molecule has 0 saturated carbocycles. The lowest BCUT2D eigenvalue weighted by atomic mass is 9.77. The van der Waals surface area contributed by atoms with E-state index in [0.717, 1.165) is 47.8 Å². The predicted octanol–water partition coefficient (Wildman–Crippen LogP) is 4.20. The summed E-state index contributed by atoms with van der Waals surface area (Å²) in [6, 6.07) is 27.3. The van der Waals surface area contributed by atoms with Crippen molar-refractivity contribution in [3.8, 4) is 5.75 Å². The van der Waals surface area contributed by atoms with E-state index in [1.54, 1.807) is 7.11 Å². The van der Waals surface area contributed by atoms with Gasteiger partial charge >= 0.3 is 0 Å². The first-order valence-corrected chi connectivity index (χ1v) is 19.4. The monoisotopic (exact) mass is 874 g/mol. The number of aliphatic hydroxyl groups is 4. The van der Waals surface area contributed by atoms with Gasteiger partial charge in [-0.25, -0.2) is 47.5 Å². The molecule has 0 unspecified atom stereocenters. The van der Waals surface area contributed by atoms with E-state index in [1.807, 2.05) is 84.9 Å². The second kappa shape index (κ2) is 16.1. The van der Waals surface area contributed by atoms with Crippen molar-refractivity contribution in [3.05, 3.63) is 127 Å². The molecule has 0 aliphatic carbocycles. The van der Waals surface area contributed by atoms with E-state index < -0.39 is 66.5 Å². The number of ether oxygens (including phenoxy) is 3. The lowest BCUT2D eigenvalue weighted by molar-refractivity contribution is -0.206. The van der Waals surface area contributed by atoms with Crippen LogP contribution in [0.15, 0.2) is 110 Å². The number of halogens is 4. The topological polar surface area (TPSA) is 234 Å². The number of hydrogen-bond acceptors (Lipinski definition) is 15. The number of alkyl halides is 4. The molecule has 17 nitrogen and oxygen atoms in total. The Morgan fingerprint density at radius 2 is 1.11 bits per heavy atom. The molecule has 63 heavy (non-hydrogen) atoms. The Kier molecular flexibility index (Phi) is 11.1. The molecule has 0 bridgehead atoms. The first-order chi connectivity index (χ1) is 30.1. The molecule has 330 valence electrons. The highest BCUT2D eigenvalue weighted by molar-refractivity contribution is 5.84. The average Bonchev–Trinajstić information content (AvgIpc) is 4.03. The maximum Gasteiger partial charge on any atom is 0.263 e. The summed E-state index contributed by atoms with van der Waals surface area (Å²) in [4.78, 5) is 24.9. The van der Waals surface area contributed by atoms with Gasteiger partial charge < -0.3 is 45.7 Å². The number of aliphatic hydroxyl groups excluding tert-OH is 4. The van der Waals surface area contributed by atoms with Crippen molar-refractivity contribution in [1.82, 2.24) is 39.0 Å². The lowest BCUT2D eigenvalue weighted by Crippen LogP contribution is -2.46. The highest BCUT2D eigenvalue weighted by Gasteiger charge is 2.65. The van der Waals surface area contributed by atoms with Gasteiger partial charge in [0, 0.05) is 0 Å². The van der Waals surface area contributed by atoms with Gasteiger partial charge in [0.25, 0.3) is 11.7 Å². The second-order valence-electron chi connectivity index (χ2n) is 15.4. The molecule has 2 saturated heterocycles. The van der Waals surface area contributed by atoms with Crippen LogP contribution in [0.25, 0.3) is 22.3 Å². The molecule has 7 N–H and O–H groups in total. The molecule has 0 radical (unpaired) electrons. The van der Waals surface area contributed by atoms with Gasteiger partial charge in [0.1, 0.15) is 42.7 Å². The van der Waals surface area contributed by atoms with E-state index in [4.69, 9.17) is 25.1 Å². The van der Waals surface area contributed by atoms with Crippen LogP contribution in [0.5, 0.6) is 5.75 Å². The van der Waals surface area contributed by atoms with E-state index in [-0.39, 0.29) is 28.1 Å². The summed E-state index contributed by atoms with van der Waals surface area (Å²) < 4.78 is 77.5. The fourth-order valence-corrected chi connectivity index (χ4v) is 8.02. The number of nitrogens with one attached hydrogen (secondary N) is 1. The van der Waals surface area contributed by atoms with Crippen LogP contribution < -0.4 is 15.8 Å². The van der Waals surface area contributed by atoms with Crippen molar-refractivity contribution in [2.24, 2.45) is 0 Å². The third-order valence-corrected chi connectivity index (χ3v) is 11.4. The molecule has 21 heteroatoms. The zero-order valence-electron chi connectivity index (χ0n) is 33.8. The Morgan fingerprint density at radius 1 is 0.667 bits per heavy atom. The third kappa shape index (κ3) is 7.05. The third-order valence-electron chi connectivity index (χ3n) is 11.4. The molecule has 6 heterocycles. The quantitative estimate of drug-likeness (QED) is 0.0835. The molecular formula is C42H42F4N10O7. The second-order valence-corrected chi connectivity index (χ2v) is 15.4. The van der Waals surface area contributed by atoms with Gasteiger partial charge in [-0.05, 0) is 42.7 Å². The number of methoxy groups -OCH3 is 1. The number of benzene rings is 3. The maximum atomic E-state index is 15.7. The summed E-state index contributed by atoms with van der Waals surface area (Å²) in [7, 11) is 1.60. The smallest absolute Gasteiger partial charge is 0.263 e. The minimum Gasteiger partial charge on any atom is -0.497 e. The van der Waals surface area contributed by atoms with Gasteiger partial charge in [-0.3, -0.25) is 9.13 Å². The number of hydrogen-bond donors (Lipinski definition) is 6. The Hall–Kier alpha value is -6.36. The summed E-state index contributed by atoms with van der Waals surface area (Å²) in [6.07, 6.45) is -2.79. The number of nitrogen functional groups attached to an aromatic ring is 1. The van der Waals surface area contributed by atoms with Crippen molar-refractivity contribution in [2.75, 3.05) is 31.4 Å². The molecule has 3 aromatic carbocycles. The van der Waals surface area contributed by atoms with Crippen LogP contribution in [0.3, 0.4) is 0 Å². The zero-order chi connectivity index (χ0) is 45.0. The average molecular weight is 875 g/mol. The lowest BCUT2D eigenvalue weighted by Gasteiger charge is -2.37. The van der Waals surface area contributed by atoms with Crippen molar-refractivity contribution in [1.29, 1.82) is 0 Å². The Bertz CT molecular complexity index is 2680. The highest BCUT2D eigenvalue weighted by Crippen LogP contribution is 2.50. The number of aromatic nitrogens is 8. The maximum absolute atomic E-state index is 15.7. The van der Waals surface area contributed by atoms with Crippen LogP contribution in [-0.4, -0.2) is 115 Å². The summed E-state index contributed by atoms with van der Waals surface area (Å²) >= 11 is 0. The van der Waals surface area contributed by atoms with Gasteiger partial charge in [-0.15, -0.1) is 0 Å². The van der Waals surface area contributed by atoms with Gasteiger partial charge in [-0.2, -0.15) is 0 Å². The molecule has 4 aromatic heterocycles. The van der Waals surface area contributed by atoms with Crippen molar-refractivity contribution >= 4 is 34.0 Å². The number of fused-ring (bicyclic) bond motifs is 2. The van der Waals surface area contributed by atoms with Crippen molar-refractivity contribution in [2.45, 2.75) is 67.1 Å². The molecule has 2 aliphatic rings. The molecular weight excluding hydrogens is 833 g/mol. The van der Waals surface area contributed by atoms with Crippen molar-refractivity contribution in [3.63, 3.8) is 0 Å². The summed E-state index contributed by atoms with van der Waals surface area (Å²) in [6.45, 7) is -0.439. The molecule has 0 amide bonds. The van der Waals surface area contributed by atoms with Gasteiger partial charge in [0.2, 0.25) is 0 Å². The zero-order valence-corrected chi connectivity index (χ0v) is 33.8. The van der Waals surface area contributed by atoms with Crippen LogP contribution in [0, 0.1) is 0 Å².